The van der Waals surface area contributed by atoms with Crippen LogP contribution in [0, 0.1) is 11.3 Å². The molecule has 1 N–H and O–H groups in total. The SMILES string of the molecule is OCC12CCCC(CC1)CC2. The van der Waals surface area contributed by atoms with E-state index in [1.165, 1.54) is 44.9 Å². The molecule has 3 aliphatic carbocycles. The third-order valence-corrected chi connectivity index (χ3v) is 3.82. The van der Waals surface area contributed by atoms with Gasteiger partial charge in [-0.05, 0) is 43.4 Å². The summed E-state index contributed by atoms with van der Waals surface area (Å²) < 4.78 is 0. The topological polar surface area (TPSA) is 20.2 Å². The third kappa shape index (κ3) is 1.31. The highest BCUT2D eigenvalue weighted by Crippen LogP contribution is 2.47. The summed E-state index contributed by atoms with van der Waals surface area (Å²) in [6, 6.07) is 0. The normalized spacial score (nSPS) is 43.9. The third-order valence-electron chi connectivity index (χ3n) is 3.82. The van der Waals surface area contributed by atoms with E-state index in [-0.39, 0.29) is 0 Å². The molecular weight excluding hydrogens is 136 g/mol. The van der Waals surface area contributed by atoms with Crippen LogP contribution >= 0.6 is 0 Å². The second kappa shape index (κ2) is 2.78. The molecule has 0 unspecified atom stereocenters. The molecule has 1 nitrogen and oxygen atoms in total. The minimum absolute atomic E-state index is 0.368. The van der Waals surface area contributed by atoms with Crippen molar-refractivity contribution >= 4 is 0 Å². The van der Waals surface area contributed by atoms with Crippen LogP contribution in [-0.4, -0.2) is 11.7 Å². The molecule has 0 radical (unpaired) electrons. The minimum Gasteiger partial charge on any atom is -0.396 e. The monoisotopic (exact) mass is 154 g/mol. The summed E-state index contributed by atoms with van der Waals surface area (Å²) in [5, 5.41) is 9.29. The number of aliphatic hydroxyl groups excluding tert-OH is 1. The summed E-state index contributed by atoms with van der Waals surface area (Å²) in [4.78, 5) is 0. The Bertz CT molecular complexity index is 128. The van der Waals surface area contributed by atoms with Crippen molar-refractivity contribution in [3.05, 3.63) is 0 Å². The van der Waals surface area contributed by atoms with Gasteiger partial charge in [-0.25, -0.2) is 0 Å². The van der Waals surface area contributed by atoms with Gasteiger partial charge in [0.2, 0.25) is 0 Å². The van der Waals surface area contributed by atoms with Crippen molar-refractivity contribution in [2.45, 2.75) is 44.9 Å². The molecule has 0 atom stereocenters. The van der Waals surface area contributed by atoms with Gasteiger partial charge in [0.25, 0.3) is 0 Å². The second-order valence-corrected chi connectivity index (χ2v) is 4.49. The quantitative estimate of drug-likeness (QED) is 0.614. The summed E-state index contributed by atoms with van der Waals surface area (Å²) in [5.74, 6) is 1.01. The van der Waals surface area contributed by atoms with Gasteiger partial charge in [-0.1, -0.05) is 12.8 Å². The van der Waals surface area contributed by atoms with Crippen LogP contribution in [0.15, 0.2) is 0 Å². The molecule has 64 valence electrons. The van der Waals surface area contributed by atoms with Gasteiger partial charge in [0, 0.05) is 6.61 Å². The molecule has 0 heterocycles. The largest absolute Gasteiger partial charge is 0.396 e. The number of hydrogen-bond donors (Lipinski definition) is 1. The lowest BCUT2D eigenvalue weighted by Gasteiger charge is -2.34. The Morgan fingerprint density at radius 1 is 1.09 bits per heavy atom. The van der Waals surface area contributed by atoms with Crippen LogP contribution in [0.25, 0.3) is 0 Å². The summed E-state index contributed by atoms with van der Waals surface area (Å²) in [6.45, 7) is 0.444. The molecule has 3 saturated carbocycles. The molecule has 11 heavy (non-hydrogen) atoms. The number of rotatable bonds is 1. The Kier molecular flexibility index (Phi) is 1.92. The van der Waals surface area contributed by atoms with E-state index in [4.69, 9.17) is 0 Å². The van der Waals surface area contributed by atoms with Crippen LogP contribution < -0.4 is 0 Å². The zero-order valence-electron chi connectivity index (χ0n) is 7.18. The highest BCUT2D eigenvalue weighted by Gasteiger charge is 2.36. The first-order valence-corrected chi connectivity index (χ1v) is 4.96. The predicted molar refractivity (Wildman–Crippen MR) is 45.3 cm³/mol. The maximum atomic E-state index is 9.29. The highest BCUT2D eigenvalue weighted by atomic mass is 16.3. The lowest BCUT2D eigenvalue weighted by Crippen LogP contribution is -2.27. The van der Waals surface area contributed by atoms with Crippen molar-refractivity contribution in [2.24, 2.45) is 11.3 Å². The molecule has 3 aliphatic rings. The first-order valence-electron chi connectivity index (χ1n) is 4.96. The molecular formula is C10H18O. The Morgan fingerprint density at radius 2 is 1.82 bits per heavy atom. The molecule has 0 spiro atoms. The predicted octanol–water partition coefficient (Wildman–Crippen LogP) is 2.34. The second-order valence-electron chi connectivity index (χ2n) is 4.49. The van der Waals surface area contributed by atoms with Gasteiger partial charge in [-0.3, -0.25) is 0 Å². The minimum atomic E-state index is 0.368. The van der Waals surface area contributed by atoms with E-state index in [2.05, 4.69) is 0 Å². The summed E-state index contributed by atoms with van der Waals surface area (Å²) in [6.07, 6.45) is 9.47. The fourth-order valence-corrected chi connectivity index (χ4v) is 2.83. The van der Waals surface area contributed by atoms with Crippen molar-refractivity contribution in [1.29, 1.82) is 0 Å². The van der Waals surface area contributed by atoms with Gasteiger partial charge < -0.3 is 5.11 Å². The maximum Gasteiger partial charge on any atom is 0.0487 e. The van der Waals surface area contributed by atoms with Crippen molar-refractivity contribution in [2.75, 3.05) is 6.61 Å². The Labute approximate surface area is 68.8 Å². The number of fused-ring (bicyclic) bond motifs is 4. The van der Waals surface area contributed by atoms with E-state index in [9.17, 15) is 5.11 Å². The van der Waals surface area contributed by atoms with Gasteiger partial charge in [0.15, 0.2) is 0 Å². The Balaban J connectivity index is 2.10. The molecule has 0 aromatic rings. The standard InChI is InChI=1S/C10H18O/c11-8-10-5-1-2-9(3-6-10)4-7-10/h9,11H,1-8H2. The van der Waals surface area contributed by atoms with E-state index in [0.717, 1.165) is 5.92 Å². The van der Waals surface area contributed by atoms with Gasteiger partial charge in [0.05, 0.1) is 0 Å². The average Bonchev–Trinajstić information content (AvgIpc) is 2.37. The zero-order valence-corrected chi connectivity index (χ0v) is 7.18. The van der Waals surface area contributed by atoms with E-state index < -0.39 is 0 Å². The van der Waals surface area contributed by atoms with Gasteiger partial charge in [-0.15, -0.1) is 0 Å². The van der Waals surface area contributed by atoms with E-state index >= 15 is 0 Å². The Morgan fingerprint density at radius 3 is 2.45 bits per heavy atom. The molecule has 1 heteroatoms. The fraction of sp³-hybridized carbons (Fsp3) is 1.00. The van der Waals surface area contributed by atoms with Crippen molar-refractivity contribution in [1.82, 2.24) is 0 Å². The van der Waals surface area contributed by atoms with E-state index in [0.29, 0.717) is 12.0 Å². The maximum absolute atomic E-state index is 9.29. The first-order chi connectivity index (χ1) is 5.35. The first kappa shape index (κ1) is 7.60. The molecule has 2 bridgehead atoms. The molecule has 0 aliphatic heterocycles. The molecule has 0 aromatic carbocycles. The van der Waals surface area contributed by atoms with Crippen LogP contribution in [0.2, 0.25) is 0 Å². The summed E-state index contributed by atoms with van der Waals surface area (Å²) in [7, 11) is 0. The van der Waals surface area contributed by atoms with Crippen LogP contribution in [0.3, 0.4) is 0 Å². The van der Waals surface area contributed by atoms with Crippen LogP contribution in [0.4, 0.5) is 0 Å². The molecule has 3 rings (SSSR count). The molecule has 0 amide bonds. The molecule has 3 fully saturated rings. The van der Waals surface area contributed by atoms with Crippen LogP contribution in [0.5, 0.6) is 0 Å². The number of aliphatic hydroxyl groups is 1. The number of hydrogen-bond acceptors (Lipinski definition) is 1. The van der Waals surface area contributed by atoms with Gasteiger partial charge >= 0.3 is 0 Å². The fourth-order valence-electron chi connectivity index (χ4n) is 2.83. The smallest absolute Gasteiger partial charge is 0.0487 e. The van der Waals surface area contributed by atoms with Crippen molar-refractivity contribution < 1.29 is 5.11 Å². The van der Waals surface area contributed by atoms with Gasteiger partial charge in [0.1, 0.15) is 0 Å². The average molecular weight is 154 g/mol. The van der Waals surface area contributed by atoms with Crippen molar-refractivity contribution in [3.63, 3.8) is 0 Å². The lowest BCUT2D eigenvalue weighted by atomic mass is 9.72. The summed E-state index contributed by atoms with van der Waals surface area (Å²) in [5.41, 5.74) is 0.368. The van der Waals surface area contributed by atoms with Crippen LogP contribution in [0.1, 0.15) is 44.9 Å². The van der Waals surface area contributed by atoms with Gasteiger partial charge in [-0.2, -0.15) is 0 Å². The highest BCUT2D eigenvalue weighted by molar-refractivity contribution is 4.88. The van der Waals surface area contributed by atoms with E-state index in [1.54, 1.807) is 0 Å². The lowest BCUT2D eigenvalue weighted by molar-refractivity contribution is 0.0749. The Hall–Kier alpha value is -0.0400. The van der Waals surface area contributed by atoms with E-state index in [1.807, 2.05) is 0 Å². The molecule has 0 saturated heterocycles. The zero-order chi connectivity index (χ0) is 7.73. The van der Waals surface area contributed by atoms with Crippen LogP contribution in [-0.2, 0) is 0 Å². The molecule has 0 aromatic heterocycles. The van der Waals surface area contributed by atoms with Crippen molar-refractivity contribution in [3.8, 4) is 0 Å². The summed E-state index contributed by atoms with van der Waals surface area (Å²) >= 11 is 0.